The predicted molar refractivity (Wildman–Crippen MR) is 0 cm³/mol. The van der Waals surface area contributed by atoms with Crippen molar-refractivity contribution in [3.63, 3.8) is 0 Å². The van der Waals surface area contributed by atoms with Crippen molar-refractivity contribution in [1.82, 2.24) is 0 Å². The predicted octanol–water partition coefficient (Wildman–Crippen LogP) is -7.14. The Morgan fingerprint density at radius 3 is 0.556 bits per heavy atom. The molecule has 0 aromatic heterocycles. The third-order valence-electron chi connectivity index (χ3n) is 0. The van der Waals surface area contributed by atoms with Crippen LogP contribution in [0.3, 0.4) is 0 Å². The van der Waals surface area contributed by atoms with Gasteiger partial charge in [-0.15, -0.1) is 0 Å². The molecule has 0 atom stereocenters. The van der Waals surface area contributed by atoms with Crippen LogP contribution >= 0.6 is 0 Å². The van der Waals surface area contributed by atoms with E-state index in [2.05, 4.69) is 0 Å². The summed E-state index contributed by atoms with van der Waals surface area (Å²) in [4.78, 5) is 0. The van der Waals surface area contributed by atoms with E-state index in [1.54, 1.807) is 0 Å². The molecule has 9 heavy (non-hydrogen) atoms. The zero-order valence-corrected chi connectivity index (χ0v) is 7.84. The van der Waals surface area contributed by atoms with E-state index in [0.29, 0.717) is 0 Å². The van der Waals surface area contributed by atoms with Gasteiger partial charge in [0.1, 0.15) is 0 Å². The van der Waals surface area contributed by atoms with Crippen LogP contribution in [0.2, 0.25) is 0 Å². The second-order valence-corrected chi connectivity index (χ2v) is 1.96. The van der Waals surface area contributed by atoms with Gasteiger partial charge in [-0.3, -0.25) is 0 Å². The monoisotopic (exact) mass is 310 g/mol. The summed E-state index contributed by atoms with van der Waals surface area (Å²) in [5, 5.41) is 0. The average Bonchev–Trinajstić information content (AvgIpc) is 1.25. The van der Waals surface area contributed by atoms with Gasteiger partial charge in [-0.1, -0.05) is 0 Å². The summed E-state index contributed by atoms with van der Waals surface area (Å²) in [6.45, 7) is 0. The molecule has 0 unspecified atom stereocenters. The van der Waals surface area contributed by atoms with Gasteiger partial charge in [0.25, 0.3) is 0 Å². The first kappa shape index (κ1) is 16.7. The van der Waals surface area contributed by atoms with Crippen molar-refractivity contribution in [3.8, 4) is 0 Å². The van der Waals surface area contributed by atoms with Gasteiger partial charge in [-0.2, -0.15) is 0 Å². The fourth-order valence-electron chi connectivity index (χ4n) is 0. The van der Waals surface area contributed by atoms with Gasteiger partial charge in [0.2, 0.25) is 29.6 Å². The number of rotatable bonds is 0. The number of halogens is 2. The molecule has 0 aliphatic heterocycles. The molecule has 0 fully saturated rings. The van der Waals surface area contributed by atoms with E-state index < -0.39 is 29.6 Å². The Kier molecular flexibility index (Phi) is 22.2. The van der Waals surface area contributed by atoms with E-state index in [4.69, 9.17) is 25.2 Å². The Morgan fingerprint density at radius 1 is 0.556 bits per heavy atom. The third-order valence-corrected chi connectivity index (χ3v) is 0. The van der Waals surface area contributed by atoms with Crippen molar-refractivity contribution in [2.75, 3.05) is 0 Å². The maximum atomic E-state index is 8.52. The molecule has 0 N–H and O–H groups in total. The van der Waals surface area contributed by atoms with Crippen molar-refractivity contribution in [2.45, 2.75) is 0 Å². The Morgan fingerprint density at radius 2 is 0.556 bits per heavy atom. The summed E-state index contributed by atoms with van der Waals surface area (Å²) >= 11 is -7.29. The van der Waals surface area contributed by atoms with Crippen molar-refractivity contribution in [3.05, 3.63) is 0 Å². The first-order chi connectivity index (χ1) is 3.46. The van der Waals surface area contributed by atoms with Gasteiger partial charge in [0, 0.05) is 0 Å². The van der Waals surface area contributed by atoms with Crippen molar-refractivity contribution < 1.29 is 71.9 Å². The molecule has 0 radical (unpaired) electrons. The molecule has 0 aromatic rings. The molecule has 0 spiro atoms. The van der Waals surface area contributed by atoms with Gasteiger partial charge in [-0.05, 0) is 0 Å². The molecule has 0 heterocycles. The third kappa shape index (κ3) is 315. The molecule has 0 saturated heterocycles. The van der Waals surface area contributed by atoms with Gasteiger partial charge >= 0.3 is 17.1 Å². The number of hydrogen-bond acceptors (Lipinski definition) is 6. The molecule has 0 rings (SSSR count). The Hall–Kier alpha value is 1.24. The van der Waals surface area contributed by atoms with E-state index >= 15 is 0 Å². The molecule has 0 bridgehead atoms. The van der Waals surface area contributed by atoms with Crippen molar-refractivity contribution in [1.29, 1.82) is 0 Å². The van der Waals surface area contributed by atoms with Gasteiger partial charge in [0.05, 0.1) is 0 Å². The minimum Gasteiger partial charge on any atom is -0.405 e. The maximum Gasteiger partial charge on any atom is 2.00 e. The van der Waals surface area contributed by atoms with Crippen molar-refractivity contribution >= 4 is 0 Å². The van der Waals surface area contributed by atoms with Gasteiger partial charge < -0.3 is 25.2 Å². The molecule has 0 aliphatic rings. The molecule has 0 amide bonds. The second kappa shape index (κ2) is 12.0. The fourth-order valence-corrected chi connectivity index (χ4v) is 0. The summed E-state index contributed by atoms with van der Waals surface area (Å²) in [6.07, 6.45) is 0. The summed E-state index contributed by atoms with van der Waals surface area (Å²) in [7, 11) is 0. The SMILES string of the molecule is [Fe+2].[O-][Br+2]([O-])[O-].[O-][Br+2]([O-])[O-]. The molecule has 0 aromatic carbocycles. The second-order valence-electron chi connectivity index (χ2n) is 0.378. The largest absolute Gasteiger partial charge is 2.00 e. The molecule has 6 nitrogen and oxygen atoms in total. The van der Waals surface area contributed by atoms with E-state index in [1.807, 2.05) is 0 Å². The summed E-state index contributed by atoms with van der Waals surface area (Å²) < 4.78 is 51.1. The van der Waals surface area contributed by atoms with Crippen LogP contribution in [0.1, 0.15) is 0 Å². The van der Waals surface area contributed by atoms with E-state index in [9.17, 15) is 0 Å². The summed E-state index contributed by atoms with van der Waals surface area (Å²) in [5.74, 6) is 0. The van der Waals surface area contributed by atoms with Crippen LogP contribution in [-0.2, 0) is 17.1 Å². The molecule has 9 heteroatoms. The Bertz CT molecular complexity index is 26.5. The van der Waals surface area contributed by atoms with E-state index in [0.717, 1.165) is 0 Å². The van der Waals surface area contributed by atoms with E-state index in [1.165, 1.54) is 0 Å². The average molecular weight is 312 g/mol. The molecular weight excluding hydrogens is 312 g/mol. The Balaban J connectivity index is -0.0000000720. The van der Waals surface area contributed by atoms with Crippen LogP contribution in [0.5, 0.6) is 0 Å². The molecule has 0 aliphatic carbocycles. The molecular formula is Br2FeO6. The number of hydrogen-bond donors (Lipinski definition) is 0. The maximum absolute atomic E-state index is 8.52. The summed E-state index contributed by atoms with van der Waals surface area (Å²) in [6, 6.07) is 0. The zero-order valence-electron chi connectivity index (χ0n) is 3.56. The van der Waals surface area contributed by atoms with Crippen molar-refractivity contribution in [2.24, 2.45) is 0 Å². The summed E-state index contributed by atoms with van der Waals surface area (Å²) in [5.41, 5.74) is 0. The van der Waals surface area contributed by atoms with Gasteiger partial charge in [-0.25, -0.2) is 0 Å². The topological polar surface area (TPSA) is 138 Å². The molecule has 0 saturated carbocycles. The smallest absolute Gasteiger partial charge is 0.405 e. The minimum absolute atomic E-state index is 0. The van der Waals surface area contributed by atoms with E-state index in [-0.39, 0.29) is 17.1 Å². The van der Waals surface area contributed by atoms with Crippen LogP contribution in [0.15, 0.2) is 0 Å². The normalized spacial score (nSPS) is 8.00. The fraction of sp³-hybridized carbons (Fsp3) is 0. The Labute approximate surface area is 71.9 Å². The van der Waals surface area contributed by atoms with Crippen LogP contribution < -0.4 is 25.2 Å². The first-order valence-corrected chi connectivity index (χ1v) is 4.81. The van der Waals surface area contributed by atoms with Crippen LogP contribution in [-0.4, -0.2) is 0 Å². The zero-order chi connectivity index (χ0) is 7.15. The van der Waals surface area contributed by atoms with Crippen LogP contribution in [0.4, 0.5) is 0 Å². The standard InChI is InChI=1S/2BrO3.Fe/c2*2-1(3)4;/q2*-1;+2. The van der Waals surface area contributed by atoms with Gasteiger partial charge in [0.15, 0.2) is 0 Å². The van der Waals surface area contributed by atoms with Crippen LogP contribution in [0.25, 0.3) is 0 Å². The first-order valence-electron chi connectivity index (χ1n) is 0.926. The quantitative estimate of drug-likeness (QED) is 0.407. The minimum atomic E-state index is -3.65. The van der Waals surface area contributed by atoms with Crippen LogP contribution in [0, 0.1) is 29.6 Å². The molecule has 58 valence electrons.